The molecule has 0 atom stereocenters. The molecule has 0 N–H and O–H groups in total. The highest BCUT2D eigenvalue weighted by Crippen LogP contribution is 2.25. The van der Waals surface area contributed by atoms with Crippen LogP contribution in [0.15, 0.2) is 42.5 Å². The monoisotopic (exact) mass is 368 g/mol. The fraction of sp³-hybridized carbons (Fsp3) is 0.364. The maximum Gasteiger partial charge on any atom is 0.254 e. The van der Waals surface area contributed by atoms with Crippen LogP contribution in [0.1, 0.15) is 35.7 Å². The van der Waals surface area contributed by atoms with Crippen LogP contribution in [0.3, 0.4) is 0 Å². The molecular formula is C22H25FN2O2. The molecule has 2 amide bonds. The summed E-state index contributed by atoms with van der Waals surface area (Å²) < 4.78 is 13.4. The van der Waals surface area contributed by atoms with Crippen LogP contribution >= 0.6 is 0 Å². The van der Waals surface area contributed by atoms with Gasteiger partial charge >= 0.3 is 0 Å². The minimum atomic E-state index is -0.275. The number of carbonyl (C=O) groups excluding carboxylic acids is 2. The van der Waals surface area contributed by atoms with Crippen LogP contribution in [-0.2, 0) is 4.79 Å². The normalized spacial score (nSPS) is 14.6. The summed E-state index contributed by atoms with van der Waals surface area (Å²) in [6, 6.07) is 11.9. The van der Waals surface area contributed by atoms with Crippen molar-refractivity contribution in [2.24, 2.45) is 0 Å². The molecular weight excluding hydrogens is 343 g/mol. The summed E-state index contributed by atoms with van der Waals surface area (Å²) in [6.07, 6.45) is 2.03. The molecule has 2 aromatic rings. The first-order valence-electron chi connectivity index (χ1n) is 9.43. The molecule has 0 spiro atoms. The van der Waals surface area contributed by atoms with E-state index in [0.717, 1.165) is 36.1 Å². The Bertz CT molecular complexity index is 850. The summed E-state index contributed by atoms with van der Waals surface area (Å²) in [6.45, 7) is 5.97. The standard InChI is InChI=1S/C22H25FN2O2/c1-3-4-10-24-11-12-25(15-21(24)26)22(27)18-7-5-6-17(14-18)20-9-8-19(23)13-16(20)2/h5-9,13-14H,3-4,10-12,15H2,1-2H3. The van der Waals surface area contributed by atoms with Crippen molar-refractivity contribution in [2.45, 2.75) is 26.7 Å². The quantitative estimate of drug-likeness (QED) is 0.803. The molecule has 0 radical (unpaired) electrons. The molecule has 3 rings (SSSR count). The Morgan fingerprint density at radius 3 is 2.67 bits per heavy atom. The third kappa shape index (κ3) is 4.35. The Morgan fingerprint density at radius 1 is 1.15 bits per heavy atom. The van der Waals surface area contributed by atoms with Gasteiger partial charge in [-0.25, -0.2) is 4.39 Å². The zero-order valence-electron chi connectivity index (χ0n) is 15.9. The molecule has 0 aliphatic carbocycles. The lowest BCUT2D eigenvalue weighted by Crippen LogP contribution is -2.52. The van der Waals surface area contributed by atoms with E-state index in [1.54, 1.807) is 17.0 Å². The molecule has 1 aliphatic heterocycles. The van der Waals surface area contributed by atoms with Gasteiger partial charge in [0, 0.05) is 25.2 Å². The molecule has 1 saturated heterocycles. The molecule has 0 unspecified atom stereocenters. The number of nitrogens with zero attached hydrogens (tertiary/aromatic N) is 2. The maximum atomic E-state index is 13.4. The number of piperazine rings is 1. The van der Waals surface area contributed by atoms with Gasteiger partial charge in [0.15, 0.2) is 0 Å². The van der Waals surface area contributed by atoms with Gasteiger partial charge in [0.2, 0.25) is 5.91 Å². The zero-order valence-corrected chi connectivity index (χ0v) is 15.9. The SMILES string of the molecule is CCCCN1CCN(C(=O)c2cccc(-c3ccc(F)cc3C)c2)CC1=O. The molecule has 0 aromatic heterocycles. The topological polar surface area (TPSA) is 40.6 Å². The van der Waals surface area contributed by atoms with Gasteiger partial charge in [-0.15, -0.1) is 0 Å². The summed E-state index contributed by atoms with van der Waals surface area (Å²) in [5, 5.41) is 0. The lowest BCUT2D eigenvalue weighted by molar-refractivity contribution is -0.135. The minimum Gasteiger partial charge on any atom is -0.339 e. The van der Waals surface area contributed by atoms with E-state index in [2.05, 4.69) is 6.92 Å². The number of unbranched alkanes of at least 4 members (excludes halogenated alkanes) is 1. The highest BCUT2D eigenvalue weighted by Gasteiger charge is 2.27. The molecule has 1 fully saturated rings. The molecule has 1 heterocycles. The third-order valence-electron chi connectivity index (χ3n) is 5.00. The van der Waals surface area contributed by atoms with Crippen LogP contribution < -0.4 is 0 Å². The molecule has 5 heteroatoms. The fourth-order valence-electron chi connectivity index (χ4n) is 3.42. The van der Waals surface area contributed by atoms with Gasteiger partial charge < -0.3 is 9.80 Å². The van der Waals surface area contributed by atoms with Crippen molar-refractivity contribution in [1.82, 2.24) is 9.80 Å². The first-order chi connectivity index (χ1) is 13.0. The Morgan fingerprint density at radius 2 is 1.96 bits per heavy atom. The number of benzene rings is 2. The highest BCUT2D eigenvalue weighted by atomic mass is 19.1. The molecule has 142 valence electrons. The molecule has 2 aromatic carbocycles. The largest absolute Gasteiger partial charge is 0.339 e. The van der Waals surface area contributed by atoms with Crippen molar-refractivity contribution in [2.75, 3.05) is 26.2 Å². The highest BCUT2D eigenvalue weighted by molar-refractivity contribution is 5.98. The van der Waals surface area contributed by atoms with Crippen LogP contribution in [-0.4, -0.2) is 47.8 Å². The molecule has 0 bridgehead atoms. The van der Waals surface area contributed by atoms with Crippen LogP contribution in [0.25, 0.3) is 11.1 Å². The van der Waals surface area contributed by atoms with Gasteiger partial charge in [-0.3, -0.25) is 9.59 Å². The van der Waals surface area contributed by atoms with Gasteiger partial charge in [0.05, 0.1) is 0 Å². The van der Waals surface area contributed by atoms with Crippen molar-refractivity contribution >= 4 is 11.8 Å². The number of halogens is 1. The fourth-order valence-corrected chi connectivity index (χ4v) is 3.42. The second-order valence-electron chi connectivity index (χ2n) is 7.00. The zero-order chi connectivity index (χ0) is 19.4. The number of rotatable bonds is 5. The molecule has 1 aliphatic rings. The summed E-state index contributed by atoms with van der Waals surface area (Å²) >= 11 is 0. The molecule has 27 heavy (non-hydrogen) atoms. The van der Waals surface area contributed by atoms with Crippen LogP contribution in [0.2, 0.25) is 0 Å². The lowest BCUT2D eigenvalue weighted by atomic mass is 9.98. The molecule has 4 nitrogen and oxygen atoms in total. The second-order valence-corrected chi connectivity index (χ2v) is 7.00. The van der Waals surface area contributed by atoms with E-state index in [4.69, 9.17) is 0 Å². The van der Waals surface area contributed by atoms with Crippen molar-refractivity contribution in [1.29, 1.82) is 0 Å². The van der Waals surface area contributed by atoms with Crippen LogP contribution in [0.5, 0.6) is 0 Å². The van der Waals surface area contributed by atoms with E-state index in [-0.39, 0.29) is 24.2 Å². The van der Waals surface area contributed by atoms with Gasteiger partial charge in [-0.05, 0) is 54.3 Å². The summed E-state index contributed by atoms with van der Waals surface area (Å²) in [7, 11) is 0. The van der Waals surface area contributed by atoms with Gasteiger partial charge in [-0.1, -0.05) is 31.5 Å². The second kappa shape index (κ2) is 8.33. The Balaban J connectivity index is 1.75. The Kier molecular flexibility index (Phi) is 5.89. The van der Waals surface area contributed by atoms with Crippen molar-refractivity contribution in [3.63, 3.8) is 0 Å². The van der Waals surface area contributed by atoms with Crippen LogP contribution in [0, 0.1) is 12.7 Å². The lowest BCUT2D eigenvalue weighted by Gasteiger charge is -2.34. The predicted molar refractivity (Wildman–Crippen MR) is 104 cm³/mol. The summed E-state index contributed by atoms with van der Waals surface area (Å²) in [5.41, 5.74) is 3.13. The minimum absolute atomic E-state index is 0.00795. The van der Waals surface area contributed by atoms with Crippen molar-refractivity contribution in [3.8, 4) is 11.1 Å². The van der Waals surface area contributed by atoms with Gasteiger partial charge in [-0.2, -0.15) is 0 Å². The molecule has 0 saturated carbocycles. The third-order valence-corrected chi connectivity index (χ3v) is 5.00. The number of amides is 2. The van der Waals surface area contributed by atoms with E-state index in [1.807, 2.05) is 30.0 Å². The summed E-state index contributed by atoms with van der Waals surface area (Å²) in [4.78, 5) is 28.6. The van der Waals surface area contributed by atoms with Crippen LogP contribution in [0.4, 0.5) is 4.39 Å². The van der Waals surface area contributed by atoms with E-state index in [1.165, 1.54) is 12.1 Å². The first-order valence-corrected chi connectivity index (χ1v) is 9.43. The Labute approximate surface area is 159 Å². The maximum absolute atomic E-state index is 13.4. The first kappa shape index (κ1) is 19.1. The number of carbonyl (C=O) groups is 2. The predicted octanol–water partition coefficient (Wildman–Crippen LogP) is 3.89. The van der Waals surface area contributed by atoms with E-state index >= 15 is 0 Å². The number of hydrogen-bond donors (Lipinski definition) is 0. The smallest absolute Gasteiger partial charge is 0.254 e. The summed E-state index contributed by atoms with van der Waals surface area (Å²) in [5.74, 6) is -0.406. The van der Waals surface area contributed by atoms with Crippen molar-refractivity contribution < 1.29 is 14.0 Å². The van der Waals surface area contributed by atoms with Gasteiger partial charge in [0.1, 0.15) is 12.4 Å². The van der Waals surface area contributed by atoms with E-state index in [9.17, 15) is 14.0 Å². The van der Waals surface area contributed by atoms with Crippen molar-refractivity contribution in [3.05, 3.63) is 59.4 Å². The van der Waals surface area contributed by atoms with Gasteiger partial charge in [0.25, 0.3) is 5.91 Å². The van der Waals surface area contributed by atoms with E-state index in [0.29, 0.717) is 18.7 Å². The number of aryl methyl sites for hydroxylation is 1. The average Bonchev–Trinajstić information content (AvgIpc) is 2.66. The Hall–Kier alpha value is -2.69. The number of hydrogen-bond acceptors (Lipinski definition) is 2. The average molecular weight is 368 g/mol. The van der Waals surface area contributed by atoms with E-state index < -0.39 is 0 Å².